The molecule has 0 aliphatic rings. The number of alkyl halides is 3. The fraction of sp³-hybridized carbons (Fsp3) is 0.0625. The minimum Gasteiger partial charge on any atom is -0.355 e. The van der Waals surface area contributed by atoms with Gasteiger partial charge in [0.05, 0.1) is 21.5 Å². The molecule has 3 heterocycles. The largest absolute Gasteiger partial charge is 0.416 e. The summed E-state index contributed by atoms with van der Waals surface area (Å²) in [6, 6.07) is 10.1. The molecular weight excluding hydrogens is 355 g/mol. The first-order valence-electron chi connectivity index (χ1n) is 7.03. The maximum absolute atomic E-state index is 12.8. The van der Waals surface area contributed by atoms with Crippen LogP contribution in [0.15, 0.2) is 57.7 Å². The summed E-state index contributed by atoms with van der Waals surface area (Å²) in [5, 5.41) is 7.49. The monoisotopic (exact) mass is 363 g/mol. The van der Waals surface area contributed by atoms with Gasteiger partial charge in [-0.2, -0.15) is 18.2 Å². The Kier molecular flexibility index (Phi) is 3.65. The Balaban J connectivity index is 1.65. The van der Waals surface area contributed by atoms with Crippen molar-refractivity contribution in [2.75, 3.05) is 0 Å². The molecule has 0 unspecified atom stereocenters. The standard InChI is InChI=1S/C16H8F3N3O2S/c17-16(18,19)10-3-1-2-9(8-10)15-21-14(22-24-15)13-5-4-12(25-13)11-6-7-20-23-11/h1-8H. The van der Waals surface area contributed by atoms with E-state index < -0.39 is 11.7 Å². The molecule has 0 fully saturated rings. The van der Waals surface area contributed by atoms with Crippen LogP contribution >= 0.6 is 11.3 Å². The van der Waals surface area contributed by atoms with E-state index in [0.717, 1.165) is 17.0 Å². The van der Waals surface area contributed by atoms with Gasteiger partial charge in [-0.25, -0.2) is 0 Å². The van der Waals surface area contributed by atoms with Crippen molar-refractivity contribution in [2.24, 2.45) is 0 Å². The molecule has 0 amide bonds. The number of rotatable bonds is 3. The second-order valence-corrected chi connectivity index (χ2v) is 6.13. The third-order valence-corrected chi connectivity index (χ3v) is 4.47. The van der Waals surface area contributed by atoms with Gasteiger partial charge in [-0.15, -0.1) is 11.3 Å². The Morgan fingerprint density at radius 1 is 0.960 bits per heavy atom. The van der Waals surface area contributed by atoms with Crippen molar-refractivity contribution < 1.29 is 22.2 Å². The summed E-state index contributed by atoms with van der Waals surface area (Å²) < 4.78 is 48.6. The van der Waals surface area contributed by atoms with E-state index in [9.17, 15) is 13.2 Å². The summed E-state index contributed by atoms with van der Waals surface area (Å²) in [5.41, 5.74) is -0.561. The van der Waals surface area contributed by atoms with Gasteiger partial charge in [0.1, 0.15) is 0 Å². The van der Waals surface area contributed by atoms with Crippen molar-refractivity contribution in [1.82, 2.24) is 15.3 Å². The van der Waals surface area contributed by atoms with Crippen LogP contribution in [0.1, 0.15) is 5.56 Å². The van der Waals surface area contributed by atoms with E-state index in [1.54, 1.807) is 12.1 Å². The molecule has 4 aromatic rings. The van der Waals surface area contributed by atoms with E-state index in [1.807, 2.05) is 6.07 Å². The number of aromatic nitrogens is 3. The summed E-state index contributed by atoms with van der Waals surface area (Å²) in [6.45, 7) is 0. The summed E-state index contributed by atoms with van der Waals surface area (Å²) in [4.78, 5) is 5.72. The van der Waals surface area contributed by atoms with Crippen LogP contribution in [0.3, 0.4) is 0 Å². The Bertz CT molecular complexity index is 1010. The highest BCUT2D eigenvalue weighted by Crippen LogP contribution is 2.35. The van der Waals surface area contributed by atoms with Gasteiger partial charge in [-0.05, 0) is 30.3 Å². The van der Waals surface area contributed by atoms with Crippen molar-refractivity contribution in [1.29, 1.82) is 0 Å². The van der Waals surface area contributed by atoms with Crippen LogP contribution in [0.5, 0.6) is 0 Å². The molecule has 0 radical (unpaired) electrons. The molecule has 1 aromatic carbocycles. The number of hydrogen-bond acceptors (Lipinski definition) is 6. The van der Waals surface area contributed by atoms with Crippen LogP contribution < -0.4 is 0 Å². The van der Waals surface area contributed by atoms with Crippen LogP contribution in [0.2, 0.25) is 0 Å². The maximum atomic E-state index is 12.8. The third-order valence-electron chi connectivity index (χ3n) is 3.37. The second kappa shape index (κ2) is 5.85. The molecule has 126 valence electrons. The number of nitrogens with zero attached hydrogens (tertiary/aromatic N) is 3. The smallest absolute Gasteiger partial charge is 0.355 e. The normalized spacial score (nSPS) is 11.8. The average Bonchev–Trinajstić information content (AvgIpc) is 3.33. The highest BCUT2D eigenvalue weighted by atomic mass is 32.1. The molecule has 3 aromatic heterocycles. The SMILES string of the molecule is FC(F)(F)c1cccc(-c2nc(-c3ccc(-c4ccno4)s3)no2)c1. The van der Waals surface area contributed by atoms with Crippen molar-refractivity contribution in [3.63, 3.8) is 0 Å². The first-order valence-corrected chi connectivity index (χ1v) is 7.85. The van der Waals surface area contributed by atoms with Gasteiger partial charge in [0, 0.05) is 11.6 Å². The van der Waals surface area contributed by atoms with Crippen molar-refractivity contribution >= 4 is 11.3 Å². The molecule has 0 saturated carbocycles. The molecule has 0 aliphatic carbocycles. The van der Waals surface area contributed by atoms with Gasteiger partial charge >= 0.3 is 6.18 Å². The maximum Gasteiger partial charge on any atom is 0.416 e. The quantitative estimate of drug-likeness (QED) is 0.504. The first-order chi connectivity index (χ1) is 12.0. The molecule has 0 atom stereocenters. The van der Waals surface area contributed by atoms with Gasteiger partial charge in [0.2, 0.25) is 5.82 Å². The summed E-state index contributed by atoms with van der Waals surface area (Å²) in [5.74, 6) is 0.928. The zero-order valence-electron chi connectivity index (χ0n) is 12.3. The van der Waals surface area contributed by atoms with Crippen LogP contribution in [-0.4, -0.2) is 15.3 Å². The molecule has 9 heteroatoms. The molecule has 5 nitrogen and oxygen atoms in total. The second-order valence-electron chi connectivity index (χ2n) is 5.04. The lowest BCUT2D eigenvalue weighted by Gasteiger charge is -2.06. The van der Waals surface area contributed by atoms with E-state index in [4.69, 9.17) is 9.05 Å². The lowest BCUT2D eigenvalue weighted by Crippen LogP contribution is -2.04. The van der Waals surface area contributed by atoms with Crippen molar-refractivity contribution in [2.45, 2.75) is 6.18 Å². The molecule has 0 N–H and O–H groups in total. The summed E-state index contributed by atoms with van der Waals surface area (Å²) in [6.07, 6.45) is -2.90. The number of benzene rings is 1. The number of thiophene rings is 1. The van der Waals surface area contributed by atoms with E-state index in [2.05, 4.69) is 15.3 Å². The number of hydrogen-bond donors (Lipinski definition) is 0. The van der Waals surface area contributed by atoms with Gasteiger partial charge in [-0.3, -0.25) is 0 Å². The Morgan fingerprint density at radius 2 is 1.80 bits per heavy atom. The number of halogens is 3. The predicted molar refractivity (Wildman–Crippen MR) is 83.5 cm³/mol. The molecule has 0 spiro atoms. The topological polar surface area (TPSA) is 65.0 Å². The third kappa shape index (κ3) is 3.05. The Labute approximate surface area is 142 Å². The van der Waals surface area contributed by atoms with Gasteiger partial charge in [0.25, 0.3) is 5.89 Å². The average molecular weight is 363 g/mol. The van der Waals surface area contributed by atoms with Crippen LogP contribution in [-0.2, 0) is 6.18 Å². The van der Waals surface area contributed by atoms with E-state index in [1.165, 1.54) is 29.7 Å². The Hall–Kier alpha value is -2.94. The fourth-order valence-electron chi connectivity index (χ4n) is 2.20. The molecule has 4 rings (SSSR count). The van der Waals surface area contributed by atoms with E-state index >= 15 is 0 Å². The van der Waals surface area contributed by atoms with Crippen molar-refractivity contribution in [3.8, 4) is 32.8 Å². The first kappa shape index (κ1) is 15.6. The fourth-order valence-corrected chi connectivity index (χ4v) is 3.09. The zero-order chi connectivity index (χ0) is 17.4. The minimum atomic E-state index is -4.43. The van der Waals surface area contributed by atoms with Gasteiger partial charge in [0.15, 0.2) is 5.76 Å². The van der Waals surface area contributed by atoms with Crippen LogP contribution in [0.25, 0.3) is 32.8 Å². The van der Waals surface area contributed by atoms with Gasteiger partial charge < -0.3 is 9.05 Å². The minimum absolute atomic E-state index is 0.0238. The lowest BCUT2D eigenvalue weighted by molar-refractivity contribution is -0.137. The summed E-state index contributed by atoms with van der Waals surface area (Å²) >= 11 is 1.36. The van der Waals surface area contributed by atoms with Crippen LogP contribution in [0.4, 0.5) is 13.2 Å². The zero-order valence-corrected chi connectivity index (χ0v) is 13.1. The highest BCUT2D eigenvalue weighted by Gasteiger charge is 2.31. The summed E-state index contributed by atoms with van der Waals surface area (Å²) in [7, 11) is 0. The van der Waals surface area contributed by atoms with Crippen LogP contribution in [0, 0.1) is 0 Å². The lowest BCUT2D eigenvalue weighted by atomic mass is 10.1. The molecule has 25 heavy (non-hydrogen) atoms. The molecule has 0 saturated heterocycles. The van der Waals surface area contributed by atoms with E-state index in [0.29, 0.717) is 16.5 Å². The highest BCUT2D eigenvalue weighted by molar-refractivity contribution is 7.18. The predicted octanol–water partition coefficient (Wildman–Crippen LogP) is 5.14. The van der Waals surface area contributed by atoms with Gasteiger partial charge in [-0.1, -0.05) is 16.4 Å². The Morgan fingerprint density at radius 3 is 2.56 bits per heavy atom. The van der Waals surface area contributed by atoms with E-state index in [-0.39, 0.29) is 11.5 Å². The molecule has 0 aliphatic heterocycles. The van der Waals surface area contributed by atoms with Crippen molar-refractivity contribution in [3.05, 3.63) is 54.2 Å². The molecule has 0 bridgehead atoms. The molecular formula is C16H8F3N3O2S.